The van der Waals surface area contributed by atoms with Gasteiger partial charge in [-0.3, -0.25) is 0 Å². The van der Waals surface area contributed by atoms with E-state index < -0.39 is 0 Å². The Morgan fingerprint density at radius 1 is 1.35 bits per heavy atom. The normalized spacial score (nSPS) is 13.3. The minimum Gasteiger partial charge on any atom is -0.381 e. The fraction of sp³-hybridized carbons (Fsp3) is 0.400. The number of fused-ring (bicyclic) bond motifs is 1. The van der Waals surface area contributed by atoms with E-state index in [1.807, 2.05) is 11.6 Å². The predicted molar refractivity (Wildman–Crippen MR) is 75.9 cm³/mol. The average molecular weight is 275 g/mol. The lowest BCUT2D eigenvalue weighted by Gasteiger charge is -2.06. The highest BCUT2D eigenvalue weighted by Crippen LogP contribution is 2.28. The third-order valence-electron chi connectivity index (χ3n) is 3.49. The zero-order chi connectivity index (χ0) is 13.9. The van der Waals surface area contributed by atoms with E-state index in [0.29, 0.717) is 6.61 Å². The second-order valence-corrected chi connectivity index (χ2v) is 4.79. The van der Waals surface area contributed by atoms with Crippen LogP contribution in [0.5, 0.6) is 0 Å². The van der Waals surface area contributed by atoms with Crippen LogP contribution in [0, 0.1) is 5.82 Å². The lowest BCUT2D eigenvalue weighted by atomic mass is 10.1. The zero-order valence-electron chi connectivity index (χ0n) is 11.5. The van der Waals surface area contributed by atoms with Crippen LogP contribution in [0.25, 0.3) is 5.69 Å². The number of anilines is 1. The SMILES string of the molecule is CCOCCc1nn(-c2ccc(F)cc2)c2c1CCN2. The quantitative estimate of drug-likeness (QED) is 0.852. The molecule has 0 fully saturated rings. The molecule has 0 spiro atoms. The molecule has 0 saturated carbocycles. The largest absolute Gasteiger partial charge is 0.381 e. The Bertz CT molecular complexity index is 592. The predicted octanol–water partition coefficient (Wildman–Crippen LogP) is 2.56. The molecule has 2 aromatic rings. The first kappa shape index (κ1) is 13.1. The maximum Gasteiger partial charge on any atom is 0.133 e. The van der Waals surface area contributed by atoms with Gasteiger partial charge in [-0.25, -0.2) is 9.07 Å². The summed E-state index contributed by atoms with van der Waals surface area (Å²) in [4.78, 5) is 0. The summed E-state index contributed by atoms with van der Waals surface area (Å²) in [7, 11) is 0. The maximum atomic E-state index is 13.0. The first-order valence-electron chi connectivity index (χ1n) is 6.98. The summed E-state index contributed by atoms with van der Waals surface area (Å²) >= 11 is 0. The number of benzene rings is 1. The van der Waals surface area contributed by atoms with Gasteiger partial charge in [-0.05, 0) is 37.6 Å². The Kier molecular flexibility index (Phi) is 3.69. The second-order valence-electron chi connectivity index (χ2n) is 4.79. The van der Waals surface area contributed by atoms with Crippen molar-refractivity contribution in [2.45, 2.75) is 19.8 Å². The average Bonchev–Trinajstić information content (AvgIpc) is 3.04. The summed E-state index contributed by atoms with van der Waals surface area (Å²) in [6.07, 6.45) is 1.80. The number of halogens is 1. The number of aromatic nitrogens is 2. The lowest BCUT2D eigenvalue weighted by Crippen LogP contribution is -2.06. The van der Waals surface area contributed by atoms with E-state index in [1.54, 1.807) is 12.1 Å². The van der Waals surface area contributed by atoms with Crippen molar-refractivity contribution in [1.29, 1.82) is 0 Å². The molecule has 2 heterocycles. The van der Waals surface area contributed by atoms with Gasteiger partial charge in [0.15, 0.2) is 0 Å². The van der Waals surface area contributed by atoms with E-state index >= 15 is 0 Å². The van der Waals surface area contributed by atoms with E-state index in [9.17, 15) is 4.39 Å². The smallest absolute Gasteiger partial charge is 0.133 e. The molecule has 0 aliphatic carbocycles. The molecule has 1 aromatic heterocycles. The van der Waals surface area contributed by atoms with Crippen LogP contribution in [-0.4, -0.2) is 29.5 Å². The highest BCUT2D eigenvalue weighted by Gasteiger charge is 2.22. The summed E-state index contributed by atoms with van der Waals surface area (Å²) in [5.74, 6) is 0.796. The molecule has 20 heavy (non-hydrogen) atoms. The van der Waals surface area contributed by atoms with Crippen molar-refractivity contribution in [3.63, 3.8) is 0 Å². The minimum atomic E-state index is -0.234. The highest BCUT2D eigenvalue weighted by atomic mass is 19.1. The lowest BCUT2D eigenvalue weighted by molar-refractivity contribution is 0.150. The summed E-state index contributed by atoms with van der Waals surface area (Å²) in [5, 5.41) is 8.01. The van der Waals surface area contributed by atoms with Gasteiger partial charge in [-0.15, -0.1) is 0 Å². The number of ether oxygens (including phenoxy) is 1. The molecule has 0 amide bonds. The maximum absolute atomic E-state index is 13.0. The Morgan fingerprint density at radius 2 is 2.15 bits per heavy atom. The van der Waals surface area contributed by atoms with Gasteiger partial charge in [0.1, 0.15) is 11.6 Å². The molecule has 106 valence electrons. The van der Waals surface area contributed by atoms with E-state index in [0.717, 1.165) is 43.2 Å². The number of nitrogens with zero attached hydrogens (tertiary/aromatic N) is 2. The van der Waals surface area contributed by atoms with Crippen LogP contribution >= 0.6 is 0 Å². The van der Waals surface area contributed by atoms with Crippen LogP contribution in [-0.2, 0) is 17.6 Å². The molecule has 4 nitrogen and oxygen atoms in total. The molecule has 1 aliphatic heterocycles. The molecule has 1 N–H and O–H groups in total. The van der Waals surface area contributed by atoms with Gasteiger partial charge in [0.05, 0.1) is 18.0 Å². The van der Waals surface area contributed by atoms with Gasteiger partial charge in [0, 0.05) is 25.1 Å². The van der Waals surface area contributed by atoms with Gasteiger partial charge < -0.3 is 10.1 Å². The molecule has 0 bridgehead atoms. The first-order valence-corrected chi connectivity index (χ1v) is 6.98. The molecular formula is C15H18FN3O. The fourth-order valence-corrected chi connectivity index (χ4v) is 2.53. The third kappa shape index (κ3) is 2.41. The Morgan fingerprint density at radius 3 is 2.90 bits per heavy atom. The summed E-state index contributed by atoms with van der Waals surface area (Å²) in [5.41, 5.74) is 3.21. The van der Waals surface area contributed by atoms with Crippen molar-refractivity contribution < 1.29 is 9.13 Å². The molecule has 1 aliphatic rings. The van der Waals surface area contributed by atoms with Crippen molar-refractivity contribution in [2.24, 2.45) is 0 Å². The minimum absolute atomic E-state index is 0.234. The molecule has 3 rings (SSSR count). The summed E-state index contributed by atoms with van der Waals surface area (Å²) in [6, 6.07) is 6.40. The van der Waals surface area contributed by atoms with Gasteiger partial charge >= 0.3 is 0 Å². The van der Waals surface area contributed by atoms with Gasteiger partial charge in [0.25, 0.3) is 0 Å². The Labute approximate surface area is 117 Å². The standard InChI is InChI=1S/C15H18FN3O/c1-2-20-10-8-14-13-7-9-17-15(13)19(18-14)12-5-3-11(16)4-6-12/h3-6,17H,2,7-10H2,1H3. The Hall–Kier alpha value is -1.88. The number of hydrogen-bond donors (Lipinski definition) is 1. The summed E-state index contributed by atoms with van der Waals surface area (Å²) < 4.78 is 20.3. The molecule has 0 unspecified atom stereocenters. The second kappa shape index (κ2) is 5.63. The summed E-state index contributed by atoms with van der Waals surface area (Å²) in [6.45, 7) is 4.32. The molecular weight excluding hydrogens is 257 g/mol. The van der Waals surface area contributed by atoms with Crippen LogP contribution in [0.15, 0.2) is 24.3 Å². The first-order chi connectivity index (χ1) is 9.79. The molecule has 0 radical (unpaired) electrons. The highest BCUT2D eigenvalue weighted by molar-refractivity contribution is 5.57. The van der Waals surface area contributed by atoms with Crippen molar-refractivity contribution in [3.05, 3.63) is 41.3 Å². The van der Waals surface area contributed by atoms with E-state index in [1.165, 1.54) is 17.7 Å². The molecule has 1 aromatic carbocycles. The van der Waals surface area contributed by atoms with Crippen molar-refractivity contribution in [2.75, 3.05) is 25.1 Å². The van der Waals surface area contributed by atoms with Crippen LogP contribution in [0.1, 0.15) is 18.2 Å². The molecule has 0 atom stereocenters. The van der Waals surface area contributed by atoms with Crippen molar-refractivity contribution >= 4 is 5.82 Å². The molecule has 5 heteroatoms. The van der Waals surface area contributed by atoms with E-state index in [4.69, 9.17) is 4.74 Å². The van der Waals surface area contributed by atoms with E-state index in [2.05, 4.69) is 10.4 Å². The van der Waals surface area contributed by atoms with Crippen molar-refractivity contribution in [1.82, 2.24) is 9.78 Å². The van der Waals surface area contributed by atoms with Crippen LogP contribution in [0.4, 0.5) is 10.2 Å². The zero-order valence-corrected chi connectivity index (χ0v) is 11.5. The van der Waals surface area contributed by atoms with Crippen LogP contribution in [0.2, 0.25) is 0 Å². The number of nitrogens with one attached hydrogen (secondary N) is 1. The fourth-order valence-electron chi connectivity index (χ4n) is 2.53. The topological polar surface area (TPSA) is 39.1 Å². The number of hydrogen-bond acceptors (Lipinski definition) is 3. The van der Waals surface area contributed by atoms with Gasteiger partial charge in [-0.1, -0.05) is 0 Å². The van der Waals surface area contributed by atoms with Crippen LogP contribution in [0.3, 0.4) is 0 Å². The monoisotopic (exact) mass is 275 g/mol. The number of rotatable bonds is 5. The third-order valence-corrected chi connectivity index (χ3v) is 3.49. The van der Waals surface area contributed by atoms with E-state index in [-0.39, 0.29) is 5.82 Å². The van der Waals surface area contributed by atoms with Gasteiger partial charge in [-0.2, -0.15) is 5.10 Å². The van der Waals surface area contributed by atoms with Crippen LogP contribution < -0.4 is 5.32 Å². The molecule has 0 saturated heterocycles. The Balaban J connectivity index is 1.91. The van der Waals surface area contributed by atoms with Crippen molar-refractivity contribution in [3.8, 4) is 5.69 Å². The van der Waals surface area contributed by atoms with Gasteiger partial charge in [0.2, 0.25) is 0 Å².